The second-order valence-corrected chi connectivity index (χ2v) is 8.62. The van der Waals surface area contributed by atoms with Crippen LogP contribution in [0.3, 0.4) is 0 Å². The van der Waals surface area contributed by atoms with Gasteiger partial charge in [-0.15, -0.1) is 17.8 Å². The lowest BCUT2D eigenvalue weighted by molar-refractivity contribution is 0.0707. The lowest BCUT2D eigenvalue weighted by Gasteiger charge is -2.31. The lowest BCUT2D eigenvalue weighted by atomic mass is 9.97. The highest BCUT2D eigenvalue weighted by atomic mass is 32.1. The molecule has 0 saturated carbocycles. The standard InChI is InChI=1S/C24H24N4O3S/c1-4-11-27(2)23(29)20-15-32-22(26-20)16-9-12-28(13-10-16)24(30)19-14-21(31-3)17-7-5-6-8-18(17)25-19/h1,5-8,14-16H,9-13H2,2-3H3. The Morgan fingerprint density at radius 1 is 1.25 bits per heavy atom. The zero-order valence-corrected chi connectivity index (χ0v) is 18.9. The summed E-state index contributed by atoms with van der Waals surface area (Å²) in [4.78, 5) is 37.9. The smallest absolute Gasteiger partial charge is 0.273 e. The molecule has 1 aliphatic heterocycles. The summed E-state index contributed by atoms with van der Waals surface area (Å²) >= 11 is 1.49. The minimum atomic E-state index is -0.172. The van der Waals surface area contributed by atoms with Crippen molar-refractivity contribution in [3.05, 3.63) is 52.1 Å². The first kappa shape index (κ1) is 21.8. The van der Waals surface area contributed by atoms with Crippen molar-refractivity contribution in [1.82, 2.24) is 19.8 Å². The van der Waals surface area contributed by atoms with E-state index in [1.807, 2.05) is 29.2 Å². The Morgan fingerprint density at radius 2 is 2.00 bits per heavy atom. The van der Waals surface area contributed by atoms with Crippen LogP contribution < -0.4 is 4.74 Å². The molecule has 3 aromatic rings. The molecule has 0 N–H and O–H groups in total. The first-order chi connectivity index (χ1) is 15.5. The molecule has 1 saturated heterocycles. The molecule has 2 amide bonds. The lowest BCUT2D eigenvalue weighted by Crippen LogP contribution is -2.38. The van der Waals surface area contributed by atoms with Crippen LogP contribution in [0.15, 0.2) is 35.7 Å². The fourth-order valence-electron chi connectivity index (χ4n) is 3.89. The van der Waals surface area contributed by atoms with Crippen molar-refractivity contribution in [1.29, 1.82) is 0 Å². The molecular formula is C24H24N4O3S. The van der Waals surface area contributed by atoms with Crippen LogP contribution in [0.5, 0.6) is 5.75 Å². The zero-order chi connectivity index (χ0) is 22.7. The van der Waals surface area contributed by atoms with Gasteiger partial charge in [-0.25, -0.2) is 9.97 Å². The van der Waals surface area contributed by atoms with Gasteiger partial charge in [-0.3, -0.25) is 9.59 Å². The topological polar surface area (TPSA) is 75.6 Å². The molecule has 8 heteroatoms. The van der Waals surface area contributed by atoms with Crippen LogP contribution in [0.4, 0.5) is 0 Å². The highest BCUT2D eigenvalue weighted by molar-refractivity contribution is 7.09. The number of para-hydroxylation sites is 1. The summed E-state index contributed by atoms with van der Waals surface area (Å²) in [6.07, 6.45) is 6.86. The van der Waals surface area contributed by atoms with E-state index in [1.54, 1.807) is 25.6 Å². The zero-order valence-electron chi connectivity index (χ0n) is 18.1. The number of aromatic nitrogens is 2. The highest BCUT2D eigenvalue weighted by Crippen LogP contribution is 2.32. The fourth-order valence-corrected chi connectivity index (χ4v) is 4.86. The van der Waals surface area contributed by atoms with E-state index in [1.165, 1.54) is 16.2 Å². The van der Waals surface area contributed by atoms with Gasteiger partial charge < -0.3 is 14.5 Å². The van der Waals surface area contributed by atoms with Crippen molar-refractivity contribution >= 4 is 34.1 Å². The number of pyridine rings is 1. The van der Waals surface area contributed by atoms with E-state index in [9.17, 15) is 9.59 Å². The van der Waals surface area contributed by atoms with E-state index in [2.05, 4.69) is 15.9 Å². The number of hydrogen-bond acceptors (Lipinski definition) is 6. The number of nitrogens with zero attached hydrogens (tertiary/aromatic N) is 4. The highest BCUT2D eigenvalue weighted by Gasteiger charge is 2.28. The van der Waals surface area contributed by atoms with E-state index < -0.39 is 0 Å². The number of carbonyl (C=O) groups is 2. The molecular weight excluding hydrogens is 424 g/mol. The minimum Gasteiger partial charge on any atom is -0.496 e. The molecule has 1 aliphatic rings. The van der Waals surface area contributed by atoms with Gasteiger partial charge in [0, 0.05) is 42.9 Å². The Bertz CT molecular complexity index is 1190. The van der Waals surface area contributed by atoms with Crippen LogP contribution in [-0.4, -0.2) is 65.4 Å². The first-order valence-electron chi connectivity index (χ1n) is 10.4. The number of terminal acetylenes is 1. The van der Waals surface area contributed by atoms with Gasteiger partial charge in [-0.1, -0.05) is 18.1 Å². The van der Waals surface area contributed by atoms with Crippen LogP contribution in [0, 0.1) is 12.3 Å². The quantitative estimate of drug-likeness (QED) is 0.559. The molecule has 4 rings (SSSR count). The molecule has 1 fully saturated rings. The van der Waals surface area contributed by atoms with E-state index >= 15 is 0 Å². The van der Waals surface area contributed by atoms with Gasteiger partial charge in [-0.05, 0) is 25.0 Å². The monoisotopic (exact) mass is 448 g/mol. The number of carbonyl (C=O) groups excluding carboxylic acids is 2. The van der Waals surface area contributed by atoms with Gasteiger partial charge in [0.2, 0.25) is 0 Å². The van der Waals surface area contributed by atoms with Crippen LogP contribution in [0.25, 0.3) is 10.9 Å². The maximum Gasteiger partial charge on any atom is 0.273 e. The number of ether oxygens (including phenoxy) is 1. The molecule has 0 spiro atoms. The van der Waals surface area contributed by atoms with Crippen LogP contribution in [0.2, 0.25) is 0 Å². The molecule has 164 valence electrons. The van der Waals surface area contributed by atoms with Crippen molar-refractivity contribution in [3.63, 3.8) is 0 Å². The van der Waals surface area contributed by atoms with E-state index in [0.717, 1.165) is 28.8 Å². The second kappa shape index (κ2) is 9.37. The van der Waals surface area contributed by atoms with Gasteiger partial charge in [0.1, 0.15) is 17.1 Å². The summed E-state index contributed by atoms with van der Waals surface area (Å²) in [6.45, 7) is 1.47. The molecule has 0 radical (unpaired) electrons. The van der Waals surface area contributed by atoms with Gasteiger partial charge in [-0.2, -0.15) is 0 Å². The predicted octanol–water partition coefficient (Wildman–Crippen LogP) is 3.42. The first-order valence-corrected chi connectivity index (χ1v) is 11.3. The van der Waals surface area contributed by atoms with Crippen molar-refractivity contribution in [2.75, 3.05) is 33.8 Å². The van der Waals surface area contributed by atoms with Crippen LogP contribution in [-0.2, 0) is 0 Å². The Hall–Kier alpha value is -3.44. The largest absolute Gasteiger partial charge is 0.496 e. The Balaban J connectivity index is 1.43. The summed E-state index contributed by atoms with van der Waals surface area (Å²) in [7, 11) is 3.26. The third kappa shape index (κ3) is 4.30. The number of fused-ring (bicyclic) bond motifs is 1. The molecule has 0 bridgehead atoms. The molecule has 0 aliphatic carbocycles. The number of thiazole rings is 1. The third-order valence-corrected chi connectivity index (χ3v) is 6.67. The van der Waals surface area contributed by atoms with Crippen molar-refractivity contribution in [2.45, 2.75) is 18.8 Å². The molecule has 7 nitrogen and oxygen atoms in total. The SMILES string of the molecule is C#CCN(C)C(=O)c1csc(C2CCN(C(=O)c3cc(OC)c4ccccc4n3)CC2)n1. The number of rotatable bonds is 5. The van der Waals surface area contributed by atoms with E-state index in [-0.39, 0.29) is 24.3 Å². The Labute approximate surface area is 191 Å². The number of benzene rings is 1. The maximum atomic E-state index is 13.1. The van der Waals surface area contributed by atoms with Crippen molar-refractivity contribution in [3.8, 4) is 18.1 Å². The van der Waals surface area contributed by atoms with Crippen molar-refractivity contribution < 1.29 is 14.3 Å². The minimum absolute atomic E-state index is 0.0987. The van der Waals surface area contributed by atoms with Gasteiger partial charge in [0.25, 0.3) is 11.8 Å². The summed E-state index contributed by atoms with van der Waals surface area (Å²) < 4.78 is 5.47. The average Bonchev–Trinajstić information content (AvgIpc) is 3.33. The Morgan fingerprint density at radius 3 is 2.72 bits per heavy atom. The second-order valence-electron chi connectivity index (χ2n) is 7.73. The summed E-state index contributed by atoms with van der Waals surface area (Å²) in [5.74, 6) is 3.06. The normalized spacial score (nSPS) is 14.2. The maximum absolute atomic E-state index is 13.1. The fraction of sp³-hybridized carbons (Fsp3) is 0.333. The van der Waals surface area contributed by atoms with Gasteiger partial charge in [0.05, 0.1) is 24.2 Å². The average molecular weight is 449 g/mol. The van der Waals surface area contributed by atoms with Crippen LogP contribution in [0.1, 0.15) is 44.7 Å². The number of methoxy groups -OCH3 is 1. The molecule has 32 heavy (non-hydrogen) atoms. The van der Waals surface area contributed by atoms with E-state index in [0.29, 0.717) is 30.2 Å². The van der Waals surface area contributed by atoms with E-state index in [4.69, 9.17) is 11.2 Å². The van der Waals surface area contributed by atoms with Gasteiger partial charge in [0.15, 0.2) is 0 Å². The van der Waals surface area contributed by atoms with Crippen LogP contribution >= 0.6 is 11.3 Å². The summed E-state index contributed by atoms with van der Waals surface area (Å²) in [6, 6.07) is 9.33. The predicted molar refractivity (Wildman–Crippen MR) is 124 cm³/mol. The van der Waals surface area contributed by atoms with Gasteiger partial charge >= 0.3 is 0 Å². The number of amides is 2. The number of hydrogen-bond donors (Lipinski definition) is 0. The number of piperidine rings is 1. The Kier molecular flexibility index (Phi) is 6.37. The molecule has 1 aromatic carbocycles. The molecule has 3 heterocycles. The molecule has 0 atom stereocenters. The molecule has 2 aromatic heterocycles. The summed E-state index contributed by atoms with van der Waals surface area (Å²) in [5, 5.41) is 3.60. The summed E-state index contributed by atoms with van der Waals surface area (Å²) in [5.41, 5.74) is 1.55. The number of likely N-dealkylation sites (tertiary alicyclic amines) is 1. The van der Waals surface area contributed by atoms with Crippen molar-refractivity contribution in [2.24, 2.45) is 0 Å². The third-order valence-electron chi connectivity index (χ3n) is 5.66. The molecule has 0 unspecified atom stereocenters.